The fourth-order valence-corrected chi connectivity index (χ4v) is 2.35. The summed E-state index contributed by atoms with van der Waals surface area (Å²) in [4.78, 5) is 14.5. The number of likely N-dealkylation sites (N-methyl/N-ethyl adjacent to an activating group) is 2. The average Bonchev–Trinajstić information content (AvgIpc) is 2.62. The predicted molar refractivity (Wildman–Crippen MR) is 64.3 cm³/mol. The van der Waals surface area contributed by atoms with Gasteiger partial charge in [0.2, 0.25) is 5.91 Å². The molecule has 5 heteroatoms. The molecule has 0 aliphatic heterocycles. The number of nitrogens with zero attached hydrogens (tertiary/aromatic N) is 1. The van der Waals surface area contributed by atoms with E-state index >= 15 is 0 Å². The first-order chi connectivity index (χ1) is 7.15. The molecule has 3 nitrogen and oxygen atoms in total. The standard InChI is InChI=1S/C10H15ClN2OS/c1-3-13(7-10(14)12-2)6-8-4-5-9(11)15-8/h4-5H,3,6-7H2,1-2H3,(H,12,14). The summed E-state index contributed by atoms with van der Waals surface area (Å²) in [5.74, 6) is 0.0412. The molecule has 0 aromatic carbocycles. The van der Waals surface area contributed by atoms with Gasteiger partial charge in [-0.05, 0) is 18.7 Å². The maximum absolute atomic E-state index is 11.2. The summed E-state index contributed by atoms with van der Waals surface area (Å²) < 4.78 is 0.793. The molecule has 1 rings (SSSR count). The third-order valence-corrected chi connectivity index (χ3v) is 3.32. The molecule has 0 saturated heterocycles. The van der Waals surface area contributed by atoms with Crippen LogP contribution in [-0.4, -0.2) is 30.9 Å². The van der Waals surface area contributed by atoms with E-state index in [2.05, 4.69) is 10.2 Å². The molecule has 0 bridgehead atoms. The van der Waals surface area contributed by atoms with E-state index in [0.717, 1.165) is 17.4 Å². The second-order valence-electron chi connectivity index (χ2n) is 3.18. The van der Waals surface area contributed by atoms with Crippen LogP contribution >= 0.6 is 22.9 Å². The second-order valence-corrected chi connectivity index (χ2v) is 4.98. The number of carbonyl (C=O) groups is 1. The zero-order chi connectivity index (χ0) is 11.3. The Kier molecular flexibility index (Phi) is 5.08. The molecule has 0 aliphatic carbocycles. The highest BCUT2D eigenvalue weighted by Gasteiger charge is 2.09. The van der Waals surface area contributed by atoms with Gasteiger partial charge in [-0.15, -0.1) is 11.3 Å². The van der Waals surface area contributed by atoms with E-state index in [9.17, 15) is 4.79 Å². The van der Waals surface area contributed by atoms with Gasteiger partial charge >= 0.3 is 0 Å². The molecule has 15 heavy (non-hydrogen) atoms. The summed E-state index contributed by atoms with van der Waals surface area (Å²) >= 11 is 7.40. The lowest BCUT2D eigenvalue weighted by molar-refractivity contribution is -0.121. The number of amides is 1. The highest BCUT2D eigenvalue weighted by atomic mass is 35.5. The topological polar surface area (TPSA) is 32.3 Å². The van der Waals surface area contributed by atoms with Crippen LogP contribution in [0.25, 0.3) is 0 Å². The minimum atomic E-state index is 0.0412. The van der Waals surface area contributed by atoms with Crippen molar-refractivity contribution < 1.29 is 4.79 Å². The number of nitrogens with one attached hydrogen (secondary N) is 1. The van der Waals surface area contributed by atoms with Gasteiger partial charge in [0.05, 0.1) is 10.9 Å². The van der Waals surface area contributed by atoms with Gasteiger partial charge in [0.25, 0.3) is 0 Å². The highest BCUT2D eigenvalue weighted by Crippen LogP contribution is 2.22. The van der Waals surface area contributed by atoms with Crippen molar-refractivity contribution in [3.8, 4) is 0 Å². The van der Waals surface area contributed by atoms with Crippen LogP contribution in [0.4, 0.5) is 0 Å². The lowest BCUT2D eigenvalue weighted by Crippen LogP contribution is -2.34. The zero-order valence-corrected chi connectivity index (χ0v) is 10.5. The smallest absolute Gasteiger partial charge is 0.233 e. The molecule has 1 aromatic heterocycles. The van der Waals surface area contributed by atoms with Crippen LogP contribution in [0, 0.1) is 0 Å². The Hall–Kier alpha value is -0.580. The number of hydrogen-bond donors (Lipinski definition) is 1. The van der Waals surface area contributed by atoms with Gasteiger partial charge in [-0.25, -0.2) is 0 Å². The SMILES string of the molecule is CCN(CC(=O)NC)Cc1ccc(Cl)s1. The molecule has 0 atom stereocenters. The molecule has 1 aromatic rings. The minimum absolute atomic E-state index is 0.0412. The Morgan fingerprint density at radius 1 is 1.60 bits per heavy atom. The van der Waals surface area contributed by atoms with Crippen molar-refractivity contribution in [3.63, 3.8) is 0 Å². The first-order valence-corrected chi connectivity index (χ1v) is 6.02. The van der Waals surface area contributed by atoms with Crippen LogP contribution < -0.4 is 5.32 Å². The maximum atomic E-state index is 11.2. The van der Waals surface area contributed by atoms with E-state index in [-0.39, 0.29) is 5.91 Å². The van der Waals surface area contributed by atoms with Gasteiger partial charge in [0, 0.05) is 18.5 Å². The van der Waals surface area contributed by atoms with Crippen molar-refractivity contribution in [3.05, 3.63) is 21.3 Å². The average molecular weight is 247 g/mol. The number of rotatable bonds is 5. The normalized spacial score (nSPS) is 10.7. The first kappa shape index (κ1) is 12.5. The molecule has 0 spiro atoms. The number of carbonyl (C=O) groups excluding carboxylic acids is 1. The van der Waals surface area contributed by atoms with Gasteiger partial charge in [-0.1, -0.05) is 18.5 Å². The summed E-state index contributed by atoms with van der Waals surface area (Å²) in [7, 11) is 1.65. The third-order valence-electron chi connectivity index (χ3n) is 2.10. The Morgan fingerprint density at radius 3 is 2.80 bits per heavy atom. The van der Waals surface area contributed by atoms with Gasteiger partial charge in [0.1, 0.15) is 0 Å². The van der Waals surface area contributed by atoms with Gasteiger partial charge in [-0.3, -0.25) is 9.69 Å². The van der Waals surface area contributed by atoms with E-state index in [1.807, 2.05) is 19.1 Å². The Morgan fingerprint density at radius 2 is 2.33 bits per heavy atom. The number of hydrogen-bond acceptors (Lipinski definition) is 3. The Bertz CT molecular complexity index is 327. The van der Waals surface area contributed by atoms with Crippen molar-refractivity contribution >= 4 is 28.8 Å². The number of halogens is 1. The van der Waals surface area contributed by atoms with Gasteiger partial charge in [-0.2, -0.15) is 0 Å². The summed E-state index contributed by atoms with van der Waals surface area (Å²) in [6.45, 7) is 4.10. The molecule has 84 valence electrons. The molecule has 1 N–H and O–H groups in total. The van der Waals surface area contributed by atoms with Crippen LogP contribution in [0.3, 0.4) is 0 Å². The van der Waals surface area contributed by atoms with E-state index in [0.29, 0.717) is 6.54 Å². The molecule has 1 heterocycles. The summed E-state index contributed by atoms with van der Waals surface area (Å²) in [5.41, 5.74) is 0. The quantitative estimate of drug-likeness (QED) is 0.862. The van der Waals surface area contributed by atoms with E-state index < -0.39 is 0 Å². The van der Waals surface area contributed by atoms with E-state index in [1.165, 1.54) is 4.88 Å². The summed E-state index contributed by atoms with van der Waals surface area (Å²) in [6.07, 6.45) is 0. The molecule has 0 saturated carbocycles. The number of thiophene rings is 1. The largest absolute Gasteiger partial charge is 0.358 e. The fourth-order valence-electron chi connectivity index (χ4n) is 1.22. The van der Waals surface area contributed by atoms with Crippen LogP contribution in [-0.2, 0) is 11.3 Å². The predicted octanol–water partition coefficient (Wildman–Crippen LogP) is 1.97. The molecule has 0 unspecified atom stereocenters. The van der Waals surface area contributed by atoms with Crippen molar-refractivity contribution in [2.24, 2.45) is 0 Å². The summed E-state index contributed by atoms with van der Waals surface area (Å²) in [6, 6.07) is 3.88. The fraction of sp³-hybridized carbons (Fsp3) is 0.500. The van der Waals surface area contributed by atoms with E-state index in [1.54, 1.807) is 18.4 Å². The zero-order valence-electron chi connectivity index (χ0n) is 8.92. The van der Waals surface area contributed by atoms with Crippen molar-refractivity contribution in [2.45, 2.75) is 13.5 Å². The monoisotopic (exact) mass is 246 g/mol. The van der Waals surface area contributed by atoms with Crippen molar-refractivity contribution in [1.82, 2.24) is 10.2 Å². The highest BCUT2D eigenvalue weighted by molar-refractivity contribution is 7.16. The van der Waals surface area contributed by atoms with Crippen LogP contribution in [0.15, 0.2) is 12.1 Å². The first-order valence-electron chi connectivity index (χ1n) is 4.82. The third kappa shape index (κ3) is 4.20. The Balaban J connectivity index is 2.50. The van der Waals surface area contributed by atoms with Gasteiger partial charge in [0.15, 0.2) is 0 Å². The van der Waals surface area contributed by atoms with Gasteiger partial charge < -0.3 is 5.32 Å². The molecule has 0 fully saturated rings. The maximum Gasteiger partial charge on any atom is 0.233 e. The second kappa shape index (κ2) is 6.10. The van der Waals surface area contributed by atoms with Crippen LogP contribution in [0.5, 0.6) is 0 Å². The molecule has 1 amide bonds. The molecule has 0 aliphatic rings. The Labute approximate surface area is 99.0 Å². The van der Waals surface area contributed by atoms with Crippen LogP contribution in [0.2, 0.25) is 4.34 Å². The molecule has 0 radical (unpaired) electrons. The van der Waals surface area contributed by atoms with Crippen LogP contribution in [0.1, 0.15) is 11.8 Å². The lowest BCUT2D eigenvalue weighted by Gasteiger charge is -2.18. The minimum Gasteiger partial charge on any atom is -0.358 e. The van der Waals surface area contributed by atoms with E-state index in [4.69, 9.17) is 11.6 Å². The summed E-state index contributed by atoms with van der Waals surface area (Å²) in [5, 5.41) is 2.62. The van der Waals surface area contributed by atoms with Crippen molar-refractivity contribution in [1.29, 1.82) is 0 Å². The van der Waals surface area contributed by atoms with Crippen molar-refractivity contribution in [2.75, 3.05) is 20.1 Å². The molecular formula is C10H15ClN2OS. The molecular weight excluding hydrogens is 232 g/mol. The lowest BCUT2D eigenvalue weighted by atomic mass is 10.4.